The van der Waals surface area contributed by atoms with E-state index in [-0.39, 0.29) is 12.4 Å². The molecule has 1 aromatic carbocycles. The molecule has 0 saturated carbocycles. The highest BCUT2D eigenvalue weighted by molar-refractivity contribution is 6.30. The van der Waals surface area contributed by atoms with Gasteiger partial charge < -0.3 is 10.4 Å². The molecular weight excluding hydrogens is 217 g/mol. The van der Waals surface area contributed by atoms with E-state index in [0.717, 1.165) is 19.3 Å². The topological polar surface area (TPSA) is 32.3 Å². The maximum Gasteiger partial charge on any atom is 0.146 e. The van der Waals surface area contributed by atoms with Crippen molar-refractivity contribution in [3.8, 4) is 0 Å². The summed E-state index contributed by atoms with van der Waals surface area (Å²) in [7, 11) is 0. The number of benzene rings is 1. The van der Waals surface area contributed by atoms with Gasteiger partial charge in [0.05, 0.1) is 5.69 Å². The zero-order chi connectivity index (χ0) is 11.1. The van der Waals surface area contributed by atoms with Crippen LogP contribution >= 0.6 is 11.6 Å². The minimum Gasteiger partial charge on any atom is -0.396 e. The van der Waals surface area contributed by atoms with E-state index in [1.54, 1.807) is 6.07 Å². The van der Waals surface area contributed by atoms with Crippen LogP contribution in [0.5, 0.6) is 0 Å². The number of rotatable bonds is 6. The lowest BCUT2D eigenvalue weighted by Crippen LogP contribution is -2.03. The Hall–Kier alpha value is -0.800. The number of aliphatic hydroxyl groups excluding tert-OH is 1. The van der Waals surface area contributed by atoms with Crippen LogP contribution in [0.4, 0.5) is 10.1 Å². The minimum absolute atomic E-state index is 0.214. The van der Waals surface area contributed by atoms with Crippen LogP contribution in [0.15, 0.2) is 18.2 Å². The average molecular weight is 232 g/mol. The number of halogens is 2. The van der Waals surface area contributed by atoms with Crippen LogP contribution in [0.3, 0.4) is 0 Å². The molecule has 0 spiro atoms. The third kappa shape index (κ3) is 4.49. The van der Waals surface area contributed by atoms with Gasteiger partial charge in [-0.25, -0.2) is 4.39 Å². The smallest absolute Gasteiger partial charge is 0.146 e. The fourth-order valence-corrected chi connectivity index (χ4v) is 1.44. The van der Waals surface area contributed by atoms with Crippen molar-refractivity contribution in [1.29, 1.82) is 0 Å². The summed E-state index contributed by atoms with van der Waals surface area (Å²) in [6, 6.07) is 4.44. The molecule has 0 saturated heterocycles. The molecule has 0 atom stereocenters. The summed E-state index contributed by atoms with van der Waals surface area (Å²) in [6.07, 6.45) is 2.64. The Morgan fingerprint density at radius 1 is 1.27 bits per heavy atom. The van der Waals surface area contributed by atoms with E-state index in [0.29, 0.717) is 17.3 Å². The average Bonchev–Trinajstić information content (AvgIpc) is 2.23. The van der Waals surface area contributed by atoms with Crippen molar-refractivity contribution in [1.82, 2.24) is 0 Å². The van der Waals surface area contributed by atoms with Crippen LogP contribution in [0.1, 0.15) is 19.3 Å². The van der Waals surface area contributed by atoms with Crippen molar-refractivity contribution in [2.45, 2.75) is 19.3 Å². The third-order valence-electron chi connectivity index (χ3n) is 2.08. The SMILES string of the molecule is OCCCCCNc1cc(Cl)ccc1F. The van der Waals surface area contributed by atoms with E-state index in [4.69, 9.17) is 16.7 Å². The first-order chi connectivity index (χ1) is 7.24. The van der Waals surface area contributed by atoms with E-state index in [2.05, 4.69) is 5.32 Å². The zero-order valence-electron chi connectivity index (χ0n) is 8.47. The molecule has 0 radical (unpaired) electrons. The van der Waals surface area contributed by atoms with Crippen LogP contribution in [-0.2, 0) is 0 Å². The maximum atomic E-state index is 13.2. The number of aliphatic hydroxyl groups is 1. The molecule has 1 rings (SSSR count). The number of anilines is 1. The van der Waals surface area contributed by atoms with Gasteiger partial charge in [0.2, 0.25) is 0 Å². The predicted octanol–water partition coefficient (Wildman–Crippen LogP) is 3.05. The minimum atomic E-state index is -0.290. The fraction of sp³-hybridized carbons (Fsp3) is 0.455. The van der Waals surface area contributed by atoms with E-state index >= 15 is 0 Å². The summed E-state index contributed by atoms with van der Waals surface area (Å²) >= 11 is 5.74. The molecule has 0 fully saturated rings. The molecule has 0 bridgehead atoms. The third-order valence-corrected chi connectivity index (χ3v) is 2.31. The molecule has 84 valence electrons. The molecule has 4 heteroatoms. The van der Waals surface area contributed by atoms with E-state index < -0.39 is 0 Å². The highest BCUT2D eigenvalue weighted by Crippen LogP contribution is 2.19. The fourth-order valence-electron chi connectivity index (χ4n) is 1.27. The summed E-state index contributed by atoms with van der Waals surface area (Å²) in [5, 5.41) is 12.1. The first-order valence-corrected chi connectivity index (χ1v) is 5.41. The Balaban J connectivity index is 2.33. The molecule has 0 aromatic heterocycles. The highest BCUT2D eigenvalue weighted by atomic mass is 35.5. The van der Waals surface area contributed by atoms with Crippen molar-refractivity contribution in [2.75, 3.05) is 18.5 Å². The number of hydrogen-bond donors (Lipinski definition) is 2. The van der Waals surface area contributed by atoms with Gasteiger partial charge in [0.15, 0.2) is 0 Å². The van der Waals surface area contributed by atoms with Crippen molar-refractivity contribution in [3.63, 3.8) is 0 Å². The van der Waals surface area contributed by atoms with Gasteiger partial charge in [0.25, 0.3) is 0 Å². The first kappa shape index (κ1) is 12.3. The van der Waals surface area contributed by atoms with Gasteiger partial charge in [-0.05, 0) is 37.5 Å². The van der Waals surface area contributed by atoms with Gasteiger partial charge in [-0.3, -0.25) is 0 Å². The molecular formula is C11H15ClFNO. The van der Waals surface area contributed by atoms with Crippen LogP contribution < -0.4 is 5.32 Å². The second-order valence-electron chi connectivity index (χ2n) is 3.34. The molecule has 0 heterocycles. The van der Waals surface area contributed by atoms with Crippen molar-refractivity contribution in [3.05, 3.63) is 29.0 Å². The van der Waals surface area contributed by atoms with Crippen LogP contribution in [0.25, 0.3) is 0 Å². The normalized spacial score (nSPS) is 10.3. The van der Waals surface area contributed by atoms with Crippen LogP contribution in [0, 0.1) is 5.82 Å². The van der Waals surface area contributed by atoms with Gasteiger partial charge in [0, 0.05) is 18.2 Å². The molecule has 2 N–H and O–H groups in total. The monoisotopic (exact) mass is 231 g/mol. The molecule has 15 heavy (non-hydrogen) atoms. The van der Waals surface area contributed by atoms with E-state index in [1.165, 1.54) is 12.1 Å². The molecule has 0 amide bonds. The quantitative estimate of drug-likeness (QED) is 0.738. The van der Waals surface area contributed by atoms with E-state index in [1.807, 2.05) is 0 Å². The van der Waals surface area contributed by atoms with Crippen molar-refractivity contribution in [2.24, 2.45) is 0 Å². The second-order valence-corrected chi connectivity index (χ2v) is 3.77. The van der Waals surface area contributed by atoms with Crippen LogP contribution in [0.2, 0.25) is 5.02 Å². The Morgan fingerprint density at radius 3 is 2.80 bits per heavy atom. The van der Waals surface area contributed by atoms with Gasteiger partial charge in [0.1, 0.15) is 5.82 Å². The largest absolute Gasteiger partial charge is 0.396 e. The lowest BCUT2D eigenvalue weighted by Gasteiger charge is -2.07. The summed E-state index contributed by atoms with van der Waals surface area (Å²) < 4.78 is 13.2. The van der Waals surface area contributed by atoms with Gasteiger partial charge in [-0.15, -0.1) is 0 Å². The van der Waals surface area contributed by atoms with E-state index in [9.17, 15) is 4.39 Å². The van der Waals surface area contributed by atoms with Gasteiger partial charge in [-0.2, -0.15) is 0 Å². The zero-order valence-corrected chi connectivity index (χ0v) is 9.23. The van der Waals surface area contributed by atoms with Crippen LogP contribution in [-0.4, -0.2) is 18.3 Å². The Bertz CT molecular complexity index is 307. The predicted molar refractivity (Wildman–Crippen MR) is 60.8 cm³/mol. The van der Waals surface area contributed by atoms with Crippen molar-refractivity contribution < 1.29 is 9.50 Å². The molecule has 0 aliphatic carbocycles. The standard InChI is InChI=1S/C11H15ClFNO/c12-9-4-5-10(13)11(8-9)14-6-2-1-3-7-15/h4-5,8,14-15H,1-3,6-7H2. The molecule has 0 unspecified atom stereocenters. The van der Waals surface area contributed by atoms with Gasteiger partial charge in [-0.1, -0.05) is 11.6 Å². The Morgan fingerprint density at radius 2 is 2.07 bits per heavy atom. The second kappa shape index (κ2) is 6.64. The molecule has 1 aromatic rings. The molecule has 0 aliphatic heterocycles. The number of unbranched alkanes of at least 4 members (excludes halogenated alkanes) is 2. The molecule has 2 nitrogen and oxygen atoms in total. The number of hydrogen-bond acceptors (Lipinski definition) is 2. The lowest BCUT2D eigenvalue weighted by molar-refractivity contribution is 0.283. The Kier molecular flexibility index (Phi) is 5.43. The van der Waals surface area contributed by atoms with Gasteiger partial charge >= 0.3 is 0 Å². The highest BCUT2D eigenvalue weighted by Gasteiger charge is 2.01. The summed E-state index contributed by atoms with van der Waals surface area (Å²) in [5.41, 5.74) is 0.437. The molecule has 0 aliphatic rings. The maximum absolute atomic E-state index is 13.2. The first-order valence-electron chi connectivity index (χ1n) is 5.04. The summed E-state index contributed by atoms with van der Waals surface area (Å²) in [5.74, 6) is -0.290. The van der Waals surface area contributed by atoms with Crippen molar-refractivity contribution >= 4 is 17.3 Å². The lowest BCUT2D eigenvalue weighted by atomic mass is 10.2. The summed E-state index contributed by atoms with van der Waals surface area (Å²) in [6.45, 7) is 0.906. The number of nitrogens with one attached hydrogen (secondary N) is 1. The summed E-state index contributed by atoms with van der Waals surface area (Å²) in [4.78, 5) is 0. The Labute approximate surface area is 94.1 Å².